The van der Waals surface area contributed by atoms with E-state index in [1.165, 1.54) is 0 Å². The van der Waals surface area contributed by atoms with Gasteiger partial charge in [-0.05, 0) is 42.3 Å². The van der Waals surface area contributed by atoms with Crippen molar-refractivity contribution >= 4 is 17.3 Å². The number of hydrogen-bond donors (Lipinski definition) is 0. The van der Waals surface area contributed by atoms with E-state index in [1.807, 2.05) is 29.3 Å². The lowest BCUT2D eigenvalue weighted by Crippen LogP contribution is -2.52. The number of anilines is 2. The van der Waals surface area contributed by atoms with Crippen LogP contribution in [0, 0.1) is 0 Å². The number of nitrogens with zero attached hydrogens (tertiary/aromatic N) is 4. The molecule has 0 spiro atoms. The summed E-state index contributed by atoms with van der Waals surface area (Å²) in [6.07, 6.45) is 0.749. The fourth-order valence-corrected chi connectivity index (χ4v) is 6.03. The third-order valence-corrected chi connectivity index (χ3v) is 8.03. The van der Waals surface area contributed by atoms with E-state index in [-0.39, 0.29) is 5.91 Å². The molecule has 2 aliphatic rings. The summed E-state index contributed by atoms with van der Waals surface area (Å²) in [7, 11) is 1.73. The maximum absolute atomic E-state index is 14.5. The molecule has 0 aromatic heterocycles. The van der Waals surface area contributed by atoms with Crippen molar-refractivity contribution in [3.8, 4) is 5.75 Å². The zero-order chi connectivity index (χ0) is 25.8. The first-order chi connectivity index (χ1) is 18.1. The molecular formula is C31H38N4O2. The second kappa shape index (κ2) is 11.0. The minimum atomic E-state index is -0.694. The van der Waals surface area contributed by atoms with E-state index in [2.05, 4.69) is 83.3 Å². The molecule has 37 heavy (non-hydrogen) atoms. The Hall–Kier alpha value is -3.35. The summed E-state index contributed by atoms with van der Waals surface area (Å²) in [6, 6.07) is 27.0. The number of ether oxygens (including phenoxy) is 1. The number of para-hydroxylation sites is 3. The molecule has 5 rings (SSSR count). The van der Waals surface area contributed by atoms with Crippen molar-refractivity contribution in [2.24, 2.45) is 0 Å². The van der Waals surface area contributed by atoms with E-state index in [0.717, 1.165) is 80.5 Å². The third kappa shape index (κ3) is 4.49. The molecule has 6 nitrogen and oxygen atoms in total. The summed E-state index contributed by atoms with van der Waals surface area (Å²) in [4.78, 5) is 19.4. The zero-order valence-corrected chi connectivity index (χ0v) is 22.3. The van der Waals surface area contributed by atoms with E-state index in [0.29, 0.717) is 0 Å². The fraction of sp³-hybridized carbons (Fsp3) is 0.387. The molecule has 0 radical (unpaired) electrons. The number of methoxy groups -OCH3 is 1. The predicted molar refractivity (Wildman–Crippen MR) is 150 cm³/mol. The molecule has 2 heterocycles. The minimum Gasteiger partial charge on any atom is -0.495 e. The Morgan fingerprint density at radius 3 is 2.11 bits per heavy atom. The number of piperazine rings is 1. The van der Waals surface area contributed by atoms with E-state index in [1.54, 1.807) is 7.11 Å². The van der Waals surface area contributed by atoms with Gasteiger partial charge in [0.1, 0.15) is 11.2 Å². The Morgan fingerprint density at radius 1 is 0.811 bits per heavy atom. The van der Waals surface area contributed by atoms with Gasteiger partial charge < -0.3 is 9.64 Å². The van der Waals surface area contributed by atoms with Gasteiger partial charge >= 0.3 is 0 Å². The molecular weight excluding hydrogens is 460 g/mol. The molecule has 1 atom stereocenters. The molecule has 0 N–H and O–H groups in total. The van der Waals surface area contributed by atoms with Gasteiger partial charge in [0, 0.05) is 39.3 Å². The maximum atomic E-state index is 14.5. The Labute approximate surface area is 221 Å². The lowest BCUT2D eigenvalue weighted by Gasteiger charge is -2.39. The number of hydrazine groups is 1. The zero-order valence-electron chi connectivity index (χ0n) is 22.3. The highest BCUT2D eigenvalue weighted by Gasteiger charge is 2.53. The van der Waals surface area contributed by atoms with Crippen LogP contribution in [-0.4, -0.2) is 68.7 Å². The van der Waals surface area contributed by atoms with Crippen LogP contribution in [0.4, 0.5) is 11.4 Å². The van der Waals surface area contributed by atoms with Crippen molar-refractivity contribution in [3.05, 3.63) is 90.0 Å². The summed E-state index contributed by atoms with van der Waals surface area (Å²) < 4.78 is 5.59. The van der Waals surface area contributed by atoms with Gasteiger partial charge in [0.05, 0.1) is 18.5 Å². The summed E-state index contributed by atoms with van der Waals surface area (Å²) in [5.41, 5.74) is 3.67. The van der Waals surface area contributed by atoms with Crippen LogP contribution >= 0.6 is 0 Å². The highest BCUT2D eigenvalue weighted by molar-refractivity contribution is 6.09. The lowest BCUT2D eigenvalue weighted by atomic mass is 9.72. The molecule has 194 valence electrons. The summed E-state index contributed by atoms with van der Waals surface area (Å²) in [6.45, 7) is 10.5. The van der Waals surface area contributed by atoms with Gasteiger partial charge in [-0.1, -0.05) is 74.5 Å². The molecule has 0 aliphatic carbocycles. The first-order valence-corrected chi connectivity index (χ1v) is 13.5. The molecule has 0 saturated carbocycles. The van der Waals surface area contributed by atoms with E-state index >= 15 is 0 Å². The molecule has 1 unspecified atom stereocenters. The monoisotopic (exact) mass is 498 g/mol. The van der Waals surface area contributed by atoms with Crippen LogP contribution < -0.4 is 14.6 Å². The average Bonchev–Trinajstić information content (AvgIpc) is 3.22. The first-order valence-electron chi connectivity index (χ1n) is 13.5. The number of fused-ring (bicyclic) bond motifs is 1. The smallest absolute Gasteiger partial charge is 0.256 e. The van der Waals surface area contributed by atoms with Crippen LogP contribution in [-0.2, 0) is 10.2 Å². The number of carbonyl (C=O) groups is 1. The Balaban J connectivity index is 1.41. The second-order valence-corrected chi connectivity index (χ2v) is 9.79. The van der Waals surface area contributed by atoms with Gasteiger partial charge in [0.15, 0.2) is 0 Å². The fourth-order valence-electron chi connectivity index (χ4n) is 6.03. The normalized spacial score (nSPS) is 19.9. The first kappa shape index (κ1) is 25.3. The van der Waals surface area contributed by atoms with Gasteiger partial charge in [-0.25, -0.2) is 10.0 Å². The Morgan fingerprint density at radius 2 is 1.43 bits per heavy atom. The van der Waals surface area contributed by atoms with Crippen molar-refractivity contribution < 1.29 is 9.53 Å². The van der Waals surface area contributed by atoms with Gasteiger partial charge in [-0.2, -0.15) is 0 Å². The summed E-state index contributed by atoms with van der Waals surface area (Å²) in [5, 5.41) is 4.10. The van der Waals surface area contributed by atoms with Crippen LogP contribution in [0.5, 0.6) is 5.75 Å². The number of amides is 1. The van der Waals surface area contributed by atoms with Crippen LogP contribution in [0.3, 0.4) is 0 Å². The van der Waals surface area contributed by atoms with Crippen molar-refractivity contribution in [2.45, 2.75) is 25.7 Å². The highest BCUT2D eigenvalue weighted by Crippen LogP contribution is 2.49. The maximum Gasteiger partial charge on any atom is 0.256 e. The minimum absolute atomic E-state index is 0.163. The highest BCUT2D eigenvalue weighted by atomic mass is 16.5. The average molecular weight is 499 g/mol. The third-order valence-electron chi connectivity index (χ3n) is 8.03. The van der Waals surface area contributed by atoms with Crippen LogP contribution in [0.15, 0.2) is 78.9 Å². The molecule has 0 bridgehead atoms. The van der Waals surface area contributed by atoms with Gasteiger partial charge in [-0.15, -0.1) is 0 Å². The Kier molecular flexibility index (Phi) is 7.49. The second-order valence-electron chi connectivity index (χ2n) is 9.79. The molecule has 3 aromatic carbocycles. The predicted octanol–water partition coefficient (Wildman–Crippen LogP) is 4.80. The van der Waals surface area contributed by atoms with E-state index in [9.17, 15) is 4.79 Å². The largest absolute Gasteiger partial charge is 0.495 e. The number of carbonyl (C=O) groups excluding carboxylic acids is 1. The van der Waals surface area contributed by atoms with Crippen LogP contribution in [0.1, 0.15) is 31.4 Å². The number of benzene rings is 3. The summed E-state index contributed by atoms with van der Waals surface area (Å²) in [5.74, 6) is 1.08. The van der Waals surface area contributed by atoms with Gasteiger partial charge in [-0.3, -0.25) is 9.69 Å². The van der Waals surface area contributed by atoms with Crippen LogP contribution in [0.2, 0.25) is 0 Å². The molecule has 3 aromatic rings. The van der Waals surface area contributed by atoms with E-state index < -0.39 is 5.41 Å². The van der Waals surface area contributed by atoms with Crippen molar-refractivity contribution in [3.63, 3.8) is 0 Å². The quantitative estimate of drug-likeness (QED) is 0.424. The van der Waals surface area contributed by atoms with Crippen molar-refractivity contribution in [2.75, 3.05) is 62.8 Å². The standard InChI is InChI=1S/C31H38N4O2/c1-4-34(5-2)35-27-16-10-9-15-26(27)31(30(35)36,25-13-7-6-8-14-25)19-20-32-21-23-33(24-22-32)28-17-11-12-18-29(28)37-3/h6-18H,4-5,19-24H2,1-3H3. The lowest BCUT2D eigenvalue weighted by molar-refractivity contribution is -0.125. The number of hydrogen-bond acceptors (Lipinski definition) is 5. The molecule has 1 saturated heterocycles. The van der Waals surface area contributed by atoms with Crippen molar-refractivity contribution in [1.82, 2.24) is 9.91 Å². The topological polar surface area (TPSA) is 39.3 Å². The van der Waals surface area contributed by atoms with Gasteiger partial charge in [0.25, 0.3) is 5.91 Å². The molecule has 6 heteroatoms. The number of rotatable bonds is 9. The van der Waals surface area contributed by atoms with E-state index in [4.69, 9.17) is 4.74 Å². The molecule has 1 amide bonds. The molecule has 1 fully saturated rings. The van der Waals surface area contributed by atoms with Crippen LogP contribution in [0.25, 0.3) is 0 Å². The van der Waals surface area contributed by atoms with Crippen molar-refractivity contribution in [1.29, 1.82) is 0 Å². The summed E-state index contributed by atoms with van der Waals surface area (Å²) >= 11 is 0. The Bertz CT molecular complexity index is 1200. The molecule has 2 aliphatic heterocycles. The SMILES string of the molecule is CCN(CC)N1C(=O)C(CCN2CCN(c3ccccc3OC)CC2)(c2ccccc2)c2ccccc21. The van der Waals surface area contributed by atoms with Gasteiger partial charge in [0.2, 0.25) is 0 Å².